The largest absolute Gasteiger partial charge is 0.481 e. The lowest BCUT2D eigenvalue weighted by Crippen LogP contribution is -2.33. The van der Waals surface area contributed by atoms with Crippen LogP contribution in [-0.4, -0.2) is 193 Å². The van der Waals surface area contributed by atoms with Crippen LogP contribution in [0.3, 0.4) is 0 Å². The summed E-state index contributed by atoms with van der Waals surface area (Å²) in [5.41, 5.74) is 0.853. The number of unbranched alkanes of at least 4 members (excludes halogenated alkanes) is 2. The summed E-state index contributed by atoms with van der Waals surface area (Å²) >= 11 is 0. The summed E-state index contributed by atoms with van der Waals surface area (Å²) in [4.78, 5) is 10.4. The van der Waals surface area contributed by atoms with Crippen molar-refractivity contribution < 1.29 is 104 Å². The van der Waals surface area contributed by atoms with Crippen molar-refractivity contribution in [2.75, 3.05) is 125 Å². The van der Waals surface area contributed by atoms with Crippen LogP contribution in [0, 0.1) is 0 Å². The van der Waals surface area contributed by atoms with E-state index in [2.05, 4.69) is 0 Å². The van der Waals surface area contributed by atoms with E-state index in [4.69, 9.17) is 37.9 Å². The van der Waals surface area contributed by atoms with E-state index in [1.54, 1.807) is 32.4 Å². The van der Waals surface area contributed by atoms with Gasteiger partial charge in [-0.2, -0.15) is 38.2 Å². The van der Waals surface area contributed by atoms with Gasteiger partial charge in [-0.05, 0) is 105 Å². The van der Waals surface area contributed by atoms with Crippen molar-refractivity contribution in [3.05, 3.63) is 83.6 Å². The van der Waals surface area contributed by atoms with E-state index in [0.29, 0.717) is 118 Å². The summed E-state index contributed by atoms with van der Waals surface area (Å²) in [5.74, 6) is -0.965. The Morgan fingerprint density at radius 3 is 1.45 bits per heavy atom. The molecule has 83 heavy (non-hydrogen) atoms. The van der Waals surface area contributed by atoms with Gasteiger partial charge in [-0.3, -0.25) is 23.0 Å². The highest BCUT2D eigenvalue weighted by atomic mass is 32.2. The first-order valence-electron chi connectivity index (χ1n) is 26.8. The van der Waals surface area contributed by atoms with Gasteiger partial charge < -0.3 is 47.9 Å². The number of carboxylic acid groups (broad SMARTS) is 1. The third kappa shape index (κ3) is 16.8. The van der Waals surface area contributed by atoms with Crippen LogP contribution in [0.25, 0.3) is 21.5 Å². The molecule has 0 fully saturated rings. The molecule has 460 valence electrons. The van der Waals surface area contributed by atoms with Crippen molar-refractivity contribution in [3.8, 4) is 0 Å². The number of carbonyl (C=O) groups is 1. The van der Waals surface area contributed by atoms with Crippen LogP contribution in [0.2, 0.25) is 0 Å². The number of benzene rings is 4. The van der Waals surface area contributed by atoms with E-state index in [9.17, 15) is 61.8 Å². The fourth-order valence-corrected chi connectivity index (χ4v) is 13.4. The van der Waals surface area contributed by atoms with Gasteiger partial charge in [-0.25, -0.2) is 0 Å². The fourth-order valence-electron chi connectivity index (χ4n) is 10.7. The van der Waals surface area contributed by atoms with Crippen LogP contribution >= 0.6 is 0 Å². The molecule has 0 spiro atoms. The Kier molecular flexibility index (Phi) is 23.9. The highest BCUT2D eigenvalue weighted by molar-refractivity contribution is 7.87. The number of carboxylic acids is 1. The van der Waals surface area contributed by atoms with E-state index < -0.39 is 76.9 Å². The van der Waals surface area contributed by atoms with Crippen LogP contribution in [0.15, 0.2) is 92.0 Å². The van der Waals surface area contributed by atoms with Gasteiger partial charge in [0.05, 0.1) is 94.5 Å². The first-order chi connectivity index (χ1) is 39.2. The third-order valence-electron chi connectivity index (χ3n) is 14.6. The Hall–Kier alpha value is -4.86. The predicted molar refractivity (Wildman–Crippen MR) is 306 cm³/mol. The van der Waals surface area contributed by atoms with Gasteiger partial charge in [0.25, 0.3) is 40.5 Å². The average molecular weight is 1240 g/mol. The molecule has 24 nitrogen and oxygen atoms in total. The smallest absolute Gasteiger partial charge is 0.303 e. The van der Waals surface area contributed by atoms with E-state index >= 15 is 0 Å². The Labute approximate surface area is 484 Å². The summed E-state index contributed by atoms with van der Waals surface area (Å²) in [5, 5.41) is 9.58. The Balaban J connectivity index is 1.51. The topological polar surface area (TPSA) is 335 Å². The van der Waals surface area contributed by atoms with Crippen LogP contribution in [0.4, 0.5) is 11.4 Å². The minimum atomic E-state index is -5.11. The van der Waals surface area contributed by atoms with Crippen LogP contribution in [-0.2, 0) is 94.0 Å². The molecule has 0 saturated carbocycles. The number of rotatable bonds is 37. The molecule has 0 aliphatic carbocycles. The van der Waals surface area contributed by atoms with E-state index in [1.807, 2.05) is 42.4 Å². The molecule has 0 amide bonds. The molecule has 0 radical (unpaired) electrons. The van der Waals surface area contributed by atoms with Crippen LogP contribution in [0.5, 0.6) is 0 Å². The normalized spacial score (nSPS) is 18.2. The number of fused-ring (bicyclic) bond motifs is 6. The maximum absolute atomic E-state index is 13.0. The summed E-state index contributed by atoms with van der Waals surface area (Å²) in [6.07, 6.45) is 7.02. The van der Waals surface area contributed by atoms with Gasteiger partial charge in [-0.15, -0.1) is 0 Å². The number of likely N-dealkylation sites (N-methyl/N-ethyl adjacent to an activating group) is 1. The van der Waals surface area contributed by atoms with Crippen molar-refractivity contribution in [2.45, 2.75) is 89.7 Å². The minimum absolute atomic E-state index is 0.0175. The average Bonchev–Trinajstić information content (AvgIpc) is 1.91. The monoisotopic (exact) mass is 1240 g/mol. The quantitative estimate of drug-likeness (QED) is 0.0185. The highest BCUT2D eigenvalue weighted by Crippen LogP contribution is 2.54. The summed E-state index contributed by atoms with van der Waals surface area (Å²) in [6, 6.07) is 9.88. The van der Waals surface area contributed by atoms with Crippen LogP contribution in [0.1, 0.15) is 70.4 Å². The van der Waals surface area contributed by atoms with Gasteiger partial charge >= 0.3 is 5.97 Å². The number of anilines is 1. The Bertz CT molecular complexity index is 3510. The number of aliphatic carboxylic acids is 1. The molecule has 5 N–H and O–H groups in total. The van der Waals surface area contributed by atoms with Gasteiger partial charge in [0.15, 0.2) is 5.71 Å². The molecule has 4 aromatic rings. The lowest BCUT2D eigenvalue weighted by Gasteiger charge is -2.30. The van der Waals surface area contributed by atoms with Crippen LogP contribution < -0.4 is 4.90 Å². The first kappa shape index (κ1) is 67.3. The second kappa shape index (κ2) is 29.5. The molecule has 2 atom stereocenters. The fraction of sp³-hybridized carbons (Fsp3) is 0.527. The Morgan fingerprint density at radius 1 is 0.554 bits per heavy atom. The minimum Gasteiger partial charge on any atom is -0.481 e. The summed E-state index contributed by atoms with van der Waals surface area (Å²) in [6.45, 7) is 10.0. The molecule has 4 aromatic carbocycles. The summed E-state index contributed by atoms with van der Waals surface area (Å²) in [7, 11) is -17.2. The maximum atomic E-state index is 13.0. The second-order valence-corrected chi connectivity index (χ2v) is 25.7. The molecule has 0 bridgehead atoms. The first-order valence-corrected chi connectivity index (χ1v) is 32.6. The molecule has 28 heteroatoms. The zero-order valence-electron chi connectivity index (χ0n) is 47.1. The number of hydrogen-bond donors (Lipinski definition) is 5. The number of nitrogens with zero attached hydrogens (tertiary/aromatic N) is 2. The lowest BCUT2D eigenvalue weighted by atomic mass is 9.74. The predicted octanol–water partition coefficient (Wildman–Crippen LogP) is 6.39. The van der Waals surface area contributed by atoms with Crippen molar-refractivity contribution >= 4 is 85.1 Å². The zero-order valence-corrected chi connectivity index (χ0v) is 50.4. The van der Waals surface area contributed by atoms with E-state index in [-0.39, 0.29) is 93.6 Å². The SMILES string of the molecule is CCN1/C(=C/C=C/C2=[N+](CCCCCC(=O)O)c3ccc4c(S(=O)(=O)O)cc(S(=O)(=O)O)cc4c3C2(C)CCOCCOCCOCCOC)C(C)(CCOCCOCCOCCOC)c2c1ccc1c(S(=O)(=O)O)cc(S(=O)(=O)O)cc21. The van der Waals surface area contributed by atoms with Crippen molar-refractivity contribution in [1.29, 1.82) is 0 Å². The molecule has 0 aromatic heterocycles. The number of hydrogen-bond acceptors (Lipinski definition) is 18. The van der Waals surface area contributed by atoms with Gasteiger partial charge in [0, 0.05) is 92.1 Å². The standard InChI is InChI=1S/C55H74N2O22S4/c1-6-56-45-16-14-41-43(35-39(80(60,61)62)37-47(41)82(66,67)68)52(45)54(2,18-21-74-27-29-78-33-31-76-25-23-72-4)49(56)11-10-12-50-55(3,19-22-75-28-30-79-34-32-77-26-24-73-5)53-44-36-40(81(63,64)65)38-48(83(69,70)71)42(44)15-17-46(53)57(50)20-9-7-8-13-51(58)59/h10-12,14-17,35-38H,6-9,13,18-34H2,1-5H3,(H4-,58,59,60,61,62,63,64,65,66,67,68,69,70,71)/p+1. The zero-order chi connectivity index (χ0) is 60.8. The highest BCUT2D eigenvalue weighted by Gasteiger charge is 2.50. The third-order valence-corrected chi connectivity index (χ3v) is 18.0. The Morgan fingerprint density at radius 2 is 1.00 bits per heavy atom. The molecule has 6 rings (SSSR count). The van der Waals surface area contributed by atoms with E-state index in [1.165, 1.54) is 12.1 Å². The molecule has 2 aliphatic heterocycles. The van der Waals surface area contributed by atoms with E-state index in [0.717, 1.165) is 12.1 Å². The molecule has 2 aliphatic rings. The summed E-state index contributed by atoms with van der Waals surface area (Å²) < 4.78 is 192. The van der Waals surface area contributed by atoms with Gasteiger partial charge in [0.1, 0.15) is 16.3 Å². The number of allylic oxidation sites excluding steroid dienone is 4. The molecular weight excluding hydrogens is 1170 g/mol. The maximum Gasteiger partial charge on any atom is 0.303 e. The number of methoxy groups -OCH3 is 2. The lowest BCUT2D eigenvalue weighted by molar-refractivity contribution is -0.438. The van der Waals surface area contributed by atoms with Crippen molar-refractivity contribution in [1.82, 2.24) is 0 Å². The molecule has 0 saturated heterocycles. The van der Waals surface area contributed by atoms with Crippen molar-refractivity contribution in [2.24, 2.45) is 0 Å². The van der Waals surface area contributed by atoms with Gasteiger partial charge in [-0.1, -0.05) is 12.1 Å². The molecule has 2 unspecified atom stereocenters. The molecular formula is C55H75N2O22S4+. The second-order valence-electron chi connectivity index (χ2n) is 20.1. The number of ether oxygens (including phenoxy) is 8. The van der Waals surface area contributed by atoms with Gasteiger partial charge in [0.2, 0.25) is 5.69 Å². The van der Waals surface area contributed by atoms with Crippen molar-refractivity contribution in [3.63, 3.8) is 0 Å². The molecule has 2 heterocycles.